The second kappa shape index (κ2) is 6.71. The molecule has 0 radical (unpaired) electrons. The summed E-state index contributed by atoms with van der Waals surface area (Å²) in [6, 6.07) is 12.8. The Hall–Kier alpha value is -3.17. The number of halogens is 3. The van der Waals surface area contributed by atoms with E-state index >= 15 is 0 Å². The standard InChI is InChI=1S/C20H14F3N3O2S/c21-20(22,23)15-4-6-19(29(24,27)28)17(11-15)13-3-5-18-14(10-13)7-9-26(18)16-2-1-8-25-12-16/h1-12H,(H2,24,27,28). The van der Waals surface area contributed by atoms with Crippen LogP contribution in [0.4, 0.5) is 13.2 Å². The van der Waals surface area contributed by atoms with Gasteiger partial charge in [0.1, 0.15) is 0 Å². The highest BCUT2D eigenvalue weighted by Crippen LogP contribution is 2.36. The smallest absolute Gasteiger partial charge is 0.315 e. The number of sulfonamides is 1. The first-order valence-electron chi connectivity index (χ1n) is 8.40. The lowest BCUT2D eigenvalue weighted by molar-refractivity contribution is -0.137. The van der Waals surface area contributed by atoms with Gasteiger partial charge in [-0.25, -0.2) is 13.6 Å². The summed E-state index contributed by atoms with van der Waals surface area (Å²) < 4.78 is 65.2. The van der Waals surface area contributed by atoms with E-state index in [-0.39, 0.29) is 10.5 Å². The molecule has 4 aromatic rings. The number of primary sulfonamides is 1. The number of nitrogens with zero attached hydrogens (tertiary/aromatic N) is 2. The molecule has 2 aromatic carbocycles. The first-order chi connectivity index (χ1) is 13.6. The molecular formula is C20H14F3N3O2S. The topological polar surface area (TPSA) is 78.0 Å². The number of fused-ring (bicyclic) bond motifs is 1. The summed E-state index contributed by atoms with van der Waals surface area (Å²) in [5, 5.41) is 5.95. The van der Waals surface area contributed by atoms with Crippen LogP contribution in [-0.2, 0) is 16.2 Å². The minimum atomic E-state index is -4.61. The number of nitrogens with two attached hydrogens (primary N) is 1. The third-order valence-electron chi connectivity index (χ3n) is 4.54. The Balaban J connectivity index is 1.91. The molecule has 2 aromatic heterocycles. The van der Waals surface area contributed by atoms with Gasteiger partial charge in [-0.1, -0.05) is 6.07 Å². The molecule has 0 spiro atoms. The molecule has 148 valence electrons. The monoisotopic (exact) mass is 417 g/mol. The summed E-state index contributed by atoms with van der Waals surface area (Å²) in [6.07, 6.45) is 0.520. The van der Waals surface area contributed by atoms with Crippen LogP contribution in [0.3, 0.4) is 0 Å². The normalized spacial score (nSPS) is 12.4. The van der Waals surface area contributed by atoms with Crippen molar-refractivity contribution in [2.75, 3.05) is 0 Å². The lowest BCUT2D eigenvalue weighted by Gasteiger charge is -2.13. The van der Waals surface area contributed by atoms with Gasteiger partial charge in [0.15, 0.2) is 0 Å². The molecule has 2 heterocycles. The van der Waals surface area contributed by atoms with E-state index in [4.69, 9.17) is 5.14 Å². The minimum Gasteiger partial charge on any atom is -0.315 e. The first-order valence-corrected chi connectivity index (χ1v) is 9.95. The van der Waals surface area contributed by atoms with E-state index in [0.717, 1.165) is 28.7 Å². The maximum Gasteiger partial charge on any atom is 0.416 e. The summed E-state index contributed by atoms with van der Waals surface area (Å²) >= 11 is 0. The van der Waals surface area contributed by atoms with Gasteiger partial charge < -0.3 is 4.57 Å². The van der Waals surface area contributed by atoms with Gasteiger partial charge in [0, 0.05) is 23.3 Å². The zero-order chi connectivity index (χ0) is 20.8. The van der Waals surface area contributed by atoms with Gasteiger partial charge in [0.05, 0.1) is 27.9 Å². The molecule has 0 aliphatic rings. The molecule has 2 N–H and O–H groups in total. The van der Waals surface area contributed by atoms with Crippen molar-refractivity contribution in [2.45, 2.75) is 11.1 Å². The number of hydrogen-bond acceptors (Lipinski definition) is 3. The van der Waals surface area contributed by atoms with E-state index in [0.29, 0.717) is 11.6 Å². The number of benzene rings is 2. The second-order valence-corrected chi connectivity index (χ2v) is 7.95. The van der Waals surface area contributed by atoms with Gasteiger partial charge >= 0.3 is 6.18 Å². The predicted octanol–water partition coefficient (Wildman–Crippen LogP) is 4.36. The number of rotatable bonds is 3. The summed E-state index contributed by atoms with van der Waals surface area (Å²) in [5.41, 5.74) is 0.883. The van der Waals surface area contributed by atoms with E-state index in [1.165, 1.54) is 0 Å². The van der Waals surface area contributed by atoms with Crippen LogP contribution in [0.15, 0.2) is 78.1 Å². The Bertz CT molecular complexity index is 1310. The Morgan fingerprint density at radius 2 is 1.79 bits per heavy atom. The van der Waals surface area contributed by atoms with E-state index in [1.54, 1.807) is 48.9 Å². The van der Waals surface area contributed by atoms with E-state index in [9.17, 15) is 21.6 Å². The van der Waals surface area contributed by atoms with Gasteiger partial charge in [-0.15, -0.1) is 0 Å². The summed E-state index contributed by atoms with van der Waals surface area (Å²) in [4.78, 5) is 3.71. The van der Waals surface area contributed by atoms with Crippen LogP contribution in [-0.4, -0.2) is 18.0 Å². The van der Waals surface area contributed by atoms with Crippen molar-refractivity contribution >= 4 is 20.9 Å². The lowest BCUT2D eigenvalue weighted by Crippen LogP contribution is -2.15. The minimum absolute atomic E-state index is 0.0987. The molecule has 29 heavy (non-hydrogen) atoms. The average molecular weight is 417 g/mol. The maximum absolute atomic E-state index is 13.2. The highest BCUT2D eigenvalue weighted by Gasteiger charge is 2.32. The van der Waals surface area contributed by atoms with Gasteiger partial charge in [-0.2, -0.15) is 13.2 Å². The third kappa shape index (κ3) is 3.62. The maximum atomic E-state index is 13.2. The second-order valence-electron chi connectivity index (χ2n) is 6.42. The van der Waals surface area contributed by atoms with Crippen LogP contribution in [0, 0.1) is 0 Å². The van der Waals surface area contributed by atoms with Crippen molar-refractivity contribution < 1.29 is 21.6 Å². The van der Waals surface area contributed by atoms with Crippen LogP contribution in [0.25, 0.3) is 27.7 Å². The molecule has 9 heteroatoms. The van der Waals surface area contributed by atoms with Crippen molar-refractivity contribution in [3.63, 3.8) is 0 Å². The van der Waals surface area contributed by atoms with Crippen LogP contribution in [0.2, 0.25) is 0 Å². The van der Waals surface area contributed by atoms with Crippen molar-refractivity contribution in [3.8, 4) is 16.8 Å². The highest BCUT2D eigenvalue weighted by molar-refractivity contribution is 7.89. The largest absolute Gasteiger partial charge is 0.416 e. The molecule has 0 aliphatic heterocycles. The fourth-order valence-corrected chi connectivity index (χ4v) is 3.95. The fourth-order valence-electron chi connectivity index (χ4n) is 3.21. The van der Waals surface area contributed by atoms with Crippen LogP contribution in [0.1, 0.15) is 5.56 Å². The fraction of sp³-hybridized carbons (Fsp3) is 0.0500. The number of aromatic nitrogens is 2. The van der Waals surface area contributed by atoms with E-state index < -0.39 is 21.8 Å². The Morgan fingerprint density at radius 1 is 1.00 bits per heavy atom. The first kappa shape index (κ1) is 19.2. The molecule has 0 atom stereocenters. The molecule has 0 fully saturated rings. The van der Waals surface area contributed by atoms with Crippen molar-refractivity contribution in [3.05, 3.63) is 78.8 Å². The molecule has 0 saturated heterocycles. The molecule has 4 rings (SSSR count). The van der Waals surface area contributed by atoms with Gasteiger partial charge in [0.2, 0.25) is 10.0 Å². The molecular weight excluding hydrogens is 403 g/mol. The summed E-state index contributed by atoms with van der Waals surface area (Å²) in [5.74, 6) is 0. The zero-order valence-electron chi connectivity index (χ0n) is 14.8. The quantitative estimate of drug-likeness (QED) is 0.538. The molecule has 5 nitrogen and oxygen atoms in total. The predicted molar refractivity (Wildman–Crippen MR) is 103 cm³/mol. The van der Waals surface area contributed by atoms with Gasteiger partial charge in [0.25, 0.3) is 0 Å². The van der Waals surface area contributed by atoms with E-state index in [2.05, 4.69) is 4.98 Å². The summed E-state index contributed by atoms with van der Waals surface area (Å²) in [7, 11) is -4.22. The van der Waals surface area contributed by atoms with Gasteiger partial charge in [-0.3, -0.25) is 4.98 Å². The molecule has 0 aliphatic carbocycles. The lowest BCUT2D eigenvalue weighted by atomic mass is 10.0. The van der Waals surface area contributed by atoms with E-state index in [1.807, 2.05) is 10.6 Å². The average Bonchev–Trinajstić information content (AvgIpc) is 3.10. The number of hydrogen-bond donors (Lipinski definition) is 1. The molecule has 0 bridgehead atoms. The molecule has 0 unspecified atom stereocenters. The van der Waals surface area contributed by atoms with Crippen LogP contribution >= 0.6 is 0 Å². The Labute approximate surface area is 164 Å². The molecule has 0 saturated carbocycles. The SMILES string of the molecule is NS(=O)(=O)c1ccc(C(F)(F)F)cc1-c1ccc2c(ccn2-c2cccnc2)c1. The zero-order valence-corrected chi connectivity index (χ0v) is 15.6. The number of alkyl halides is 3. The summed E-state index contributed by atoms with van der Waals surface area (Å²) in [6.45, 7) is 0. The Morgan fingerprint density at radius 3 is 2.45 bits per heavy atom. The number of pyridine rings is 1. The van der Waals surface area contributed by atoms with Crippen molar-refractivity contribution in [1.29, 1.82) is 0 Å². The Kier molecular flexibility index (Phi) is 4.44. The van der Waals surface area contributed by atoms with Crippen LogP contribution in [0.5, 0.6) is 0 Å². The van der Waals surface area contributed by atoms with Crippen molar-refractivity contribution in [1.82, 2.24) is 9.55 Å². The van der Waals surface area contributed by atoms with Gasteiger partial charge in [-0.05, 0) is 54.1 Å². The molecule has 0 amide bonds. The van der Waals surface area contributed by atoms with Crippen molar-refractivity contribution in [2.24, 2.45) is 5.14 Å². The van der Waals surface area contributed by atoms with Crippen LogP contribution < -0.4 is 5.14 Å². The third-order valence-corrected chi connectivity index (χ3v) is 5.51. The highest BCUT2D eigenvalue weighted by atomic mass is 32.2.